The highest BCUT2D eigenvalue weighted by molar-refractivity contribution is 4.92. The van der Waals surface area contributed by atoms with E-state index in [-0.39, 0.29) is 30.5 Å². The van der Waals surface area contributed by atoms with Gasteiger partial charge in [0.15, 0.2) is 0 Å². The average molecular weight is 246 g/mol. The fourth-order valence-corrected chi connectivity index (χ4v) is 2.36. The molecule has 0 amide bonds. The molecule has 0 radical (unpaired) electrons. The molecule has 0 unspecified atom stereocenters. The van der Waals surface area contributed by atoms with E-state index in [1.54, 1.807) is 14.2 Å². The Morgan fingerprint density at radius 2 is 1.41 bits per heavy atom. The molecule has 0 aromatic heterocycles. The molecular weight excluding hydrogens is 220 g/mol. The lowest BCUT2D eigenvalue weighted by Gasteiger charge is -2.43. The SMILES string of the molecule is CO[C@@H]1C(OCC(C)C)[C@@H](OC)[C@H](C)O[C@H]1C. The lowest BCUT2D eigenvalue weighted by molar-refractivity contribution is -0.241. The summed E-state index contributed by atoms with van der Waals surface area (Å²) in [6.07, 6.45) is -0.159. The predicted molar refractivity (Wildman–Crippen MR) is 66.2 cm³/mol. The quantitative estimate of drug-likeness (QED) is 0.742. The van der Waals surface area contributed by atoms with Crippen LogP contribution < -0.4 is 0 Å². The Bertz CT molecular complexity index is 203. The molecule has 0 aromatic rings. The second-order valence-electron chi connectivity index (χ2n) is 5.14. The van der Waals surface area contributed by atoms with Gasteiger partial charge in [-0.2, -0.15) is 0 Å². The Balaban J connectivity index is 2.73. The molecule has 0 saturated carbocycles. The first-order valence-electron chi connectivity index (χ1n) is 6.33. The Hall–Kier alpha value is -0.160. The van der Waals surface area contributed by atoms with E-state index in [9.17, 15) is 0 Å². The average Bonchev–Trinajstić information content (AvgIpc) is 2.25. The van der Waals surface area contributed by atoms with Crippen molar-refractivity contribution in [3.8, 4) is 0 Å². The van der Waals surface area contributed by atoms with Gasteiger partial charge < -0.3 is 18.9 Å². The lowest BCUT2D eigenvalue weighted by atomic mass is 9.95. The second kappa shape index (κ2) is 6.69. The van der Waals surface area contributed by atoms with Crippen LogP contribution in [0.5, 0.6) is 0 Å². The van der Waals surface area contributed by atoms with E-state index < -0.39 is 0 Å². The molecular formula is C13H26O4. The van der Waals surface area contributed by atoms with Crippen molar-refractivity contribution < 1.29 is 18.9 Å². The molecule has 0 N–H and O–H groups in total. The molecule has 0 bridgehead atoms. The third kappa shape index (κ3) is 3.65. The van der Waals surface area contributed by atoms with Crippen molar-refractivity contribution in [3.63, 3.8) is 0 Å². The summed E-state index contributed by atoms with van der Waals surface area (Å²) >= 11 is 0. The Kier molecular flexibility index (Phi) is 5.86. The van der Waals surface area contributed by atoms with E-state index in [1.807, 2.05) is 13.8 Å². The van der Waals surface area contributed by atoms with Gasteiger partial charge in [-0.3, -0.25) is 0 Å². The van der Waals surface area contributed by atoms with Crippen LogP contribution in [0.4, 0.5) is 0 Å². The van der Waals surface area contributed by atoms with Crippen molar-refractivity contribution >= 4 is 0 Å². The number of rotatable bonds is 5. The number of ether oxygens (including phenoxy) is 4. The molecule has 4 heteroatoms. The number of methoxy groups -OCH3 is 2. The molecule has 0 aliphatic carbocycles. The molecule has 0 spiro atoms. The molecule has 102 valence electrons. The summed E-state index contributed by atoms with van der Waals surface area (Å²) in [4.78, 5) is 0. The van der Waals surface area contributed by atoms with Crippen LogP contribution in [0.1, 0.15) is 27.7 Å². The molecule has 1 fully saturated rings. The largest absolute Gasteiger partial charge is 0.376 e. The molecule has 1 aliphatic heterocycles. The summed E-state index contributed by atoms with van der Waals surface area (Å²) in [7, 11) is 3.39. The van der Waals surface area contributed by atoms with Crippen LogP contribution in [0.2, 0.25) is 0 Å². The van der Waals surface area contributed by atoms with Gasteiger partial charge in [0.05, 0.1) is 12.2 Å². The summed E-state index contributed by atoms with van der Waals surface area (Å²) in [5.41, 5.74) is 0. The maximum atomic E-state index is 5.96. The molecule has 4 nitrogen and oxygen atoms in total. The third-order valence-corrected chi connectivity index (χ3v) is 3.17. The highest BCUT2D eigenvalue weighted by atomic mass is 16.6. The van der Waals surface area contributed by atoms with Gasteiger partial charge in [0, 0.05) is 20.8 Å². The van der Waals surface area contributed by atoms with Gasteiger partial charge in [0.25, 0.3) is 0 Å². The predicted octanol–water partition coefficient (Wildman–Crippen LogP) is 1.86. The van der Waals surface area contributed by atoms with Gasteiger partial charge >= 0.3 is 0 Å². The summed E-state index contributed by atoms with van der Waals surface area (Å²) in [6, 6.07) is 0. The van der Waals surface area contributed by atoms with Crippen LogP contribution >= 0.6 is 0 Å². The maximum Gasteiger partial charge on any atom is 0.115 e. The van der Waals surface area contributed by atoms with E-state index in [0.29, 0.717) is 12.5 Å². The van der Waals surface area contributed by atoms with Crippen LogP contribution in [0.15, 0.2) is 0 Å². The molecule has 1 aliphatic rings. The fourth-order valence-electron chi connectivity index (χ4n) is 2.36. The van der Waals surface area contributed by atoms with E-state index in [0.717, 1.165) is 0 Å². The third-order valence-electron chi connectivity index (χ3n) is 3.17. The zero-order valence-electron chi connectivity index (χ0n) is 11.8. The summed E-state index contributed by atoms with van der Waals surface area (Å²) in [5.74, 6) is 0.499. The van der Waals surface area contributed by atoms with Crippen LogP contribution in [0, 0.1) is 5.92 Å². The van der Waals surface area contributed by atoms with Crippen molar-refractivity contribution in [1.29, 1.82) is 0 Å². The van der Waals surface area contributed by atoms with Crippen molar-refractivity contribution in [2.24, 2.45) is 5.92 Å². The van der Waals surface area contributed by atoms with Gasteiger partial charge in [0.2, 0.25) is 0 Å². The molecule has 0 aromatic carbocycles. The topological polar surface area (TPSA) is 36.9 Å². The van der Waals surface area contributed by atoms with Crippen LogP contribution in [-0.4, -0.2) is 51.3 Å². The van der Waals surface area contributed by atoms with Crippen molar-refractivity contribution in [1.82, 2.24) is 0 Å². The van der Waals surface area contributed by atoms with Crippen molar-refractivity contribution in [2.75, 3.05) is 20.8 Å². The monoisotopic (exact) mass is 246 g/mol. The smallest absolute Gasteiger partial charge is 0.115 e. The Labute approximate surface area is 105 Å². The number of hydrogen-bond acceptors (Lipinski definition) is 4. The minimum absolute atomic E-state index is 0.0264. The molecule has 17 heavy (non-hydrogen) atoms. The van der Waals surface area contributed by atoms with Gasteiger partial charge in [-0.25, -0.2) is 0 Å². The van der Waals surface area contributed by atoms with Gasteiger partial charge in [-0.05, 0) is 19.8 Å². The van der Waals surface area contributed by atoms with Gasteiger partial charge in [-0.15, -0.1) is 0 Å². The minimum Gasteiger partial charge on any atom is -0.376 e. The number of hydrogen-bond donors (Lipinski definition) is 0. The summed E-state index contributed by atoms with van der Waals surface area (Å²) in [6.45, 7) is 9.01. The van der Waals surface area contributed by atoms with Crippen molar-refractivity contribution in [2.45, 2.75) is 58.2 Å². The van der Waals surface area contributed by atoms with E-state index in [1.165, 1.54) is 0 Å². The Morgan fingerprint density at radius 3 is 1.76 bits per heavy atom. The summed E-state index contributed by atoms with van der Waals surface area (Å²) < 4.78 is 22.8. The lowest BCUT2D eigenvalue weighted by Crippen LogP contribution is -2.58. The minimum atomic E-state index is -0.0742. The molecule has 1 rings (SSSR count). The Morgan fingerprint density at radius 1 is 0.941 bits per heavy atom. The highest BCUT2D eigenvalue weighted by Gasteiger charge is 2.43. The van der Waals surface area contributed by atoms with Gasteiger partial charge in [0.1, 0.15) is 18.3 Å². The van der Waals surface area contributed by atoms with Crippen molar-refractivity contribution in [3.05, 3.63) is 0 Å². The van der Waals surface area contributed by atoms with E-state index >= 15 is 0 Å². The van der Waals surface area contributed by atoms with E-state index in [4.69, 9.17) is 18.9 Å². The first-order chi connectivity index (χ1) is 8.01. The van der Waals surface area contributed by atoms with Crippen LogP contribution in [0.3, 0.4) is 0 Å². The fraction of sp³-hybridized carbons (Fsp3) is 1.00. The normalized spacial score (nSPS) is 38.6. The van der Waals surface area contributed by atoms with Crippen LogP contribution in [0.25, 0.3) is 0 Å². The first-order valence-corrected chi connectivity index (χ1v) is 6.33. The van der Waals surface area contributed by atoms with E-state index in [2.05, 4.69) is 13.8 Å². The first kappa shape index (κ1) is 14.9. The zero-order valence-corrected chi connectivity index (χ0v) is 11.8. The maximum absolute atomic E-state index is 5.96. The highest BCUT2D eigenvalue weighted by Crippen LogP contribution is 2.27. The molecule has 1 saturated heterocycles. The molecule has 4 atom stereocenters. The van der Waals surface area contributed by atoms with Crippen LogP contribution in [-0.2, 0) is 18.9 Å². The standard InChI is InChI=1S/C13H26O4/c1-8(2)7-16-13-11(14-5)9(3)17-10(4)12(13)15-6/h8-13H,7H2,1-6H3/t9-,10-,11-,12-/m0/s1. The van der Waals surface area contributed by atoms with Gasteiger partial charge in [-0.1, -0.05) is 13.8 Å². The second-order valence-corrected chi connectivity index (χ2v) is 5.14. The summed E-state index contributed by atoms with van der Waals surface area (Å²) in [5, 5.41) is 0. The molecule has 1 heterocycles. The zero-order chi connectivity index (χ0) is 13.0.